The summed E-state index contributed by atoms with van der Waals surface area (Å²) in [4.78, 5) is 0. The molecule has 1 fully saturated rings. The van der Waals surface area contributed by atoms with Crippen LogP contribution in [0.4, 0.5) is 0 Å². The molecule has 1 nitrogen and oxygen atoms in total. The summed E-state index contributed by atoms with van der Waals surface area (Å²) < 4.78 is 1.29. The standard InChI is InChI=1S/C11H13ClIN/c12-10-3-4-11(13)9(5-10)7-14-6-8-1-2-8/h3-5,8,14H,1-2,6-7H2. The quantitative estimate of drug-likeness (QED) is 0.838. The van der Waals surface area contributed by atoms with E-state index in [2.05, 4.69) is 34.0 Å². The minimum absolute atomic E-state index is 0.827. The number of hydrogen-bond donors (Lipinski definition) is 1. The van der Waals surface area contributed by atoms with Gasteiger partial charge in [-0.25, -0.2) is 0 Å². The number of rotatable bonds is 4. The van der Waals surface area contributed by atoms with E-state index in [0.29, 0.717) is 0 Å². The molecule has 76 valence electrons. The van der Waals surface area contributed by atoms with Gasteiger partial charge < -0.3 is 5.32 Å². The van der Waals surface area contributed by atoms with Gasteiger partial charge in [0.25, 0.3) is 0 Å². The second-order valence-electron chi connectivity index (χ2n) is 3.81. The van der Waals surface area contributed by atoms with Crippen molar-refractivity contribution in [2.24, 2.45) is 5.92 Å². The Morgan fingerprint density at radius 3 is 2.93 bits per heavy atom. The van der Waals surface area contributed by atoms with Gasteiger partial charge >= 0.3 is 0 Å². The molecule has 2 rings (SSSR count). The number of nitrogens with one attached hydrogen (secondary N) is 1. The molecule has 0 amide bonds. The maximum Gasteiger partial charge on any atom is 0.0409 e. The molecule has 1 aromatic carbocycles. The first-order chi connectivity index (χ1) is 6.75. The Balaban J connectivity index is 1.89. The van der Waals surface area contributed by atoms with E-state index in [4.69, 9.17) is 11.6 Å². The zero-order valence-corrected chi connectivity index (χ0v) is 10.8. The summed E-state index contributed by atoms with van der Waals surface area (Å²) in [6.45, 7) is 2.10. The fourth-order valence-electron chi connectivity index (χ4n) is 1.41. The van der Waals surface area contributed by atoms with E-state index >= 15 is 0 Å². The molecule has 0 radical (unpaired) electrons. The summed E-state index contributed by atoms with van der Waals surface area (Å²) in [5, 5.41) is 4.30. The van der Waals surface area contributed by atoms with Crippen LogP contribution >= 0.6 is 34.2 Å². The fraction of sp³-hybridized carbons (Fsp3) is 0.455. The largest absolute Gasteiger partial charge is 0.312 e. The van der Waals surface area contributed by atoms with Gasteiger partial charge in [-0.3, -0.25) is 0 Å². The molecule has 0 aromatic heterocycles. The van der Waals surface area contributed by atoms with E-state index in [9.17, 15) is 0 Å². The molecule has 1 aliphatic rings. The molecule has 0 saturated heterocycles. The molecule has 0 unspecified atom stereocenters. The van der Waals surface area contributed by atoms with Gasteiger partial charge in [-0.2, -0.15) is 0 Å². The average molecular weight is 322 g/mol. The van der Waals surface area contributed by atoms with Gasteiger partial charge in [-0.15, -0.1) is 0 Å². The van der Waals surface area contributed by atoms with E-state index in [1.807, 2.05) is 12.1 Å². The van der Waals surface area contributed by atoms with Crippen LogP contribution in [0.1, 0.15) is 18.4 Å². The maximum atomic E-state index is 5.94. The third-order valence-electron chi connectivity index (χ3n) is 2.45. The Bertz CT molecular complexity index is 323. The maximum absolute atomic E-state index is 5.94. The van der Waals surface area contributed by atoms with E-state index in [1.54, 1.807) is 0 Å². The average Bonchev–Trinajstić information content (AvgIpc) is 2.95. The lowest BCUT2D eigenvalue weighted by molar-refractivity contribution is 0.637. The van der Waals surface area contributed by atoms with E-state index in [1.165, 1.54) is 22.0 Å². The van der Waals surface area contributed by atoms with Crippen LogP contribution in [0.3, 0.4) is 0 Å². The molecule has 1 aliphatic carbocycles. The SMILES string of the molecule is Clc1ccc(I)c(CNCC2CC2)c1. The molecule has 0 bridgehead atoms. The van der Waals surface area contributed by atoms with Crippen molar-refractivity contribution in [2.75, 3.05) is 6.54 Å². The lowest BCUT2D eigenvalue weighted by Crippen LogP contribution is -2.16. The topological polar surface area (TPSA) is 12.0 Å². The highest BCUT2D eigenvalue weighted by atomic mass is 127. The van der Waals surface area contributed by atoms with Crippen LogP contribution in [-0.2, 0) is 6.54 Å². The molecule has 14 heavy (non-hydrogen) atoms. The molecular formula is C11H13ClIN. The summed E-state index contributed by atoms with van der Waals surface area (Å²) in [5.74, 6) is 0.937. The Labute approximate surface area is 103 Å². The van der Waals surface area contributed by atoms with Crippen molar-refractivity contribution in [2.45, 2.75) is 19.4 Å². The van der Waals surface area contributed by atoms with E-state index < -0.39 is 0 Å². The first-order valence-corrected chi connectivity index (χ1v) is 6.36. The lowest BCUT2D eigenvalue weighted by Gasteiger charge is -2.06. The summed E-state index contributed by atoms with van der Waals surface area (Å²) in [6.07, 6.45) is 2.80. The monoisotopic (exact) mass is 321 g/mol. The minimum atomic E-state index is 0.827. The lowest BCUT2D eigenvalue weighted by atomic mass is 10.2. The van der Waals surface area contributed by atoms with Crippen molar-refractivity contribution < 1.29 is 0 Å². The smallest absolute Gasteiger partial charge is 0.0409 e. The van der Waals surface area contributed by atoms with E-state index in [-0.39, 0.29) is 0 Å². The second-order valence-corrected chi connectivity index (χ2v) is 5.41. The van der Waals surface area contributed by atoms with Crippen molar-refractivity contribution in [3.8, 4) is 0 Å². The molecule has 0 aliphatic heterocycles. The van der Waals surface area contributed by atoms with Crippen molar-refractivity contribution in [1.29, 1.82) is 0 Å². The predicted octanol–water partition coefficient (Wildman–Crippen LogP) is 3.44. The van der Waals surface area contributed by atoms with Crippen LogP contribution in [0.15, 0.2) is 18.2 Å². The molecule has 1 aromatic rings. The second kappa shape index (κ2) is 4.81. The van der Waals surface area contributed by atoms with Gasteiger partial charge in [0.1, 0.15) is 0 Å². The molecule has 1 N–H and O–H groups in total. The highest BCUT2D eigenvalue weighted by Crippen LogP contribution is 2.27. The van der Waals surface area contributed by atoms with Crippen LogP contribution in [0.2, 0.25) is 5.02 Å². The number of benzene rings is 1. The molecule has 3 heteroatoms. The van der Waals surface area contributed by atoms with Crippen molar-refractivity contribution >= 4 is 34.2 Å². The fourth-order valence-corrected chi connectivity index (χ4v) is 2.13. The van der Waals surface area contributed by atoms with Gasteiger partial charge in [-0.1, -0.05) is 11.6 Å². The predicted molar refractivity (Wildman–Crippen MR) is 68.6 cm³/mol. The van der Waals surface area contributed by atoms with Crippen LogP contribution in [0, 0.1) is 9.49 Å². The highest BCUT2D eigenvalue weighted by molar-refractivity contribution is 14.1. The van der Waals surface area contributed by atoms with Crippen LogP contribution in [0.5, 0.6) is 0 Å². The number of halogens is 2. The minimum Gasteiger partial charge on any atom is -0.312 e. The van der Waals surface area contributed by atoms with E-state index in [0.717, 1.165) is 24.0 Å². The summed E-state index contributed by atoms with van der Waals surface area (Å²) in [5.41, 5.74) is 1.30. The summed E-state index contributed by atoms with van der Waals surface area (Å²) in [7, 11) is 0. The van der Waals surface area contributed by atoms with Crippen molar-refractivity contribution in [1.82, 2.24) is 5.32 Å². The van der Waals surface area contributed by atoms with Gasteiger partial charge in [0.2, 0.25) is 0 Å². The van der Waals surface area contributed by atoms with Crippen LogP contribution < -0.4 is 5.32 Å². The van der Waals surface area contributed by atoms with Crippen molar-refractivity contribution in [3.63, 3.8) is 0 Å². The third kappa shape index (κ3) is 3.11. The first kappa shape index (κ1) is 10.7. The number of hydrogen-bond acceptors (Lipinski definition) is 1. The van der Waals surface area contributed by atoms with Gasteiger partial charge in [0, 0.05) is 15.1 Å². The normalized spacial score (nSPS) is 15.9. The van der Waals surface area contributed by atoms with Crippen LogP contribution in [0.25, 0.3) is 0 Å². The molecule has 0 spiro atoms. The highest BCUT2D eigenvalue weighted by Gasteiger charge is 2.20. The molecule has 0 atom stereocenters. The Hall–Kier alpha value is 0.200. The molecule has 0 heterocycles. The Kier molecular flexibility index (Phi) is 3.68. The van der Waals surface area contributed by atoms with Gasteiger partial charge in [0.05, 0.1) is 0 Å². The summed E-state index contributed by atoms with van der Waals surface area (Å²) >= 11 is 8.29. The third-order valence-corrected chi connectivity index (χ3v) is 3.74. The molecule has 1 saturated carbocycles. The van der Waals surface area contributed by atoms with Crippen molar-refractivity contribution in [3.05, 3.63) is 32.4 Å². The zero-order valence-electron chi connectivity index (χ0n) is 7.89. The summed E-state index contributed by atoms with van der Waals surface area (Å²) in [6, 6.07) is 6.05. The Morgan fingerprint density at radius 2 is 2.21 bits per heavy atom. The van der Waals surface area contributed by atoms with Crippen LogP contribution in [-0.4, -0.2) is 6.54 Å². The van der Waals surface area contributed by atoms with Gasteiger partial charge in [-0.05, 0) is 71.7 Å². The zero-order chi connectivity index (χ0) is 9.97. The first-order valence-electron chi connectivity index (χ1n) is 4.90. The van der Waals surface area contributed by atoms with Gasteiger partial charge in [0.15, 0.2) is 0 Å². The Morgan fingerprint density at radius 1 is 1.43 bits per heavy atom. The molecular weight excluding hydrogens is 308 g/mol.